The molecule has 0 amide bonds. The number of hydrogen-bond donors (Lipinski definition) is 2. The van der Waals surface area contributed by atoms with Crippen LogP contribution in [0.3, 0.4) is 0 Å². The second-order valence-electron chi connectivity index (χ2n) is 5.11. The number of hydrogen-bond acceptors (Lipinski definition) is 4. The molecule has 0 radical (unpaired) electrons. The molecule has 0 aliphatic carbocycles. The second-order valence-corrected chi connectivity index (χ2v) is 5.11. The van der Waals surface area contributed by atoms with E-state index in [1.54, 1.807) is 0 Å². The van der Waals surface area contributed by atoms with Gasteiger partial charge in [-0.3, -0.25) is 4.79 Å². The predicted octanol–water partition coefficient (Wildman–Crippen LogP) is 1.87. The molecule has 1 aromatic carbocycles. The summed E-state index contributed by atoms with van der Waals surface area (Å²) in [7, 11) is 0. The lowest BCUT2D eigenvalue weighted by Gasteiger charge is -2.17. The molecule has 0 atom stereocenters. The number of para-hydroxylation sites is 1. The van der Waals surface area contributed by atoms with Crippen LogP contribution in [-0.4, -0.2) is 23.1 Å². The van der Waals surface area contributed by atoms with Gasteiger partial charge < -0.3 is 15.0 Å². The van der Waals surface area contributed by atoms with E-state index in [2.05, 4.69) is 22.2 Å². The van der Waals surface area contributed by atoms with Gasteiger partial charge in [0.2, 0.25) is 0 Å². The number of ether oxygens (including phenoxy) is 1. The molecule has 0 unspecified atom stereocenters. The second kappa shape index (κ2) is 6.10. The molecule has 0 fully saturated rings. The van der Waals surface area contributed by atoms with E-state index in [4.69, 9.17) is 4.74 Å². The van der Waals surface area contributed by atoms with Crippen molar-refractivity contribution in [1.29, 1.82) is 0 Å². The van der Waals surface area contributed by atoms with Gasteiger partial charge >= 0.3 is 0 Å². The third kappa shape index (κ3) is 2.83. The summed E-state index contributed by atoms with van der Waals surface area (Å²) in [4.78, 5) is 19.7. The Bertz CT molecular complexity index is 694. The number of aromatic nitrogens is 2. The number of H-pyrrole nitrogens is 1. The van der Waals surface area contributed by atoms with Gasteiger partial charge in [-0.05, 0) is 18.6 Å². The topological polar surface area (TPSA) is 67.0 Å². The summed E-state index contributed by atoms with van der Waals surface area (Å²) in [6, 6.07) is 7.69. The minimum absolute atomic E-state index is 0.0625. The Kier molecular flexibility index (Phi) is 4.01. The summed E-state index contributed by atoms with van der Waals surface area (Å²) < 4.78 is 5.75. The van der Waals surface area contributed by atoms with E-state index >= 15 is 0 Å². The minimum Gasteiger partial charge on any atom is -0.493 e. The molecule has 21 heavy (non-hydrogen) atoms. The number of nitrogens with one attached hydrogen (secondary N) is 2. The lowest BCUT2D eigenvalue weighted by Crippen LogP contribution is -2.31. The Morgan fingerprint density at radius 3 is 3.05 bits per heavy atom. The van der Waals surface area contributed by atoms with Crippen LogP contribution in [0.5, 0.6) is 5.75 Å². The van der Waals surface area contributed by atoms with Crippen LogP contribution < -0.4 is 15.6 Å². The summed E-state index contributed by atoms with van der Waals surface area (Å²) in [5, 5.41) is 3.20. The van der Waals surface area contributed by atoms with Crippen LogP contribution in [0.2, 0.25) is 0 Å². The third-order valence-corrected chi connectivity index (χ3v) is 3.55. The van der Waals surface area contributed by atoms with Gasteiger partial charge in [0.15, 0.2) is 0 Å². The number of benzene rings is 1. The SMILES string of the molecule is CCCOc1ccccc1-c1nc2c(c(=O)[nH]1)CNCC2. The fourth-order valence-corrected chi connectivity index (χ4v) is 2.48. The fraction of sp³-hybridized carbons (Fsp3) is 0.375. The summed E-state index contributed by atoms with van der Waals surface area (Å²) in [5.74, 6) is 1.35. The van der Waals surface area contributed by atoms with Gasteiger partial charge in [0.25, 0.3) is 5.56 Å². The maximum Gasteiger partial charge on any atom is 0.255 e. The van der Waals surface area contributed by atoms with E-state index in [1.165, 1.54) is 0 Å². The van der Waals surface area contributed by atoms with Gasteiger partial charge in [-0.2, -0.15) is 0 Å². The van der Waals surface area contributed by atoms with Crippen LogP contribution in [0.15, 0.2) is 29.1 Å². The molecule has 0 saturated heterocycles. The lowest BCUT2D eigenvalue weighted by molar-refractivity contribution is 0.318. The Morgan fingerprint density at radius 2 is 2.19 bits per heavy atom. The van der Waals surface area contributed by atoms with Gasteiger partial charge in [-0.25, -0.2) is 4.98 Å². The number of rotatable bonds is 4. The lowest BCUT2D eigenvalue weighted by atomic mass is 10.1. The van der Waals surface area contributed by atoms with E-state index in [1.807, 2.05) is 24.3 Å². The van der Waals surface area contributed by atoms with Gasteiger partial charge in [0, 0.05) is 19.5 Å². The molecule has 1 aromatic heterocycles. The molecular weight excluding hydrogens is 266 g/mol. The smallest absolute Gasteiger partial charge is 0.255 e. The standard InChI is InChI=1S/C16H19N3O2/c1-2-9-21-14-6-4-3-5-11(14)15-18-13-7-8-17-10-12(13)16(20)19-15/h3-6,17H,2,7-10H2,1H3,(H,18,19,20). The fourth-order valence-electron chi connectivity index (χ4n) is 2.48. The maximum absolute atomic E-state index is 12.2. The molecule has 3 rings (SSSR count). The largest absolute Gasteiger partial charge is 0.493 e. The van der Waals surface area contributed by atoms with Crippen LogP contribution in [0.4, 0.5) is 0 Å². The first-order valence-electron chi connectivity index (χ1n) is 7.34. The van der Waals surface area contributed by atoms with E-state index in [9.17, 15) is 4.79 Å². The van der Waals surface area contributed by atoms with E-state index in [-0.39, 0.29) is 5.56 Å². The van der Waals surface area contributed by atoms with Crippen LogP contribution >= 0.6 is 0 Å². The molecule has 2 aromatic rings. The average molecular weight is 285 g/mol. The van der Waals surface area contributed by atoms with Crippen LogP contribution in [-0.2, 0) is 13.0 Å². The first-order valence-corrected chi connectivity index (χ1v) is 7.34. The van der Waals surface area contributed by atoms with Crippen molar-refractivity contribution in [2.45, 2.75) is 26.3 Å². The van der Waals surface area contributed by atoms with Gasteiger partial charge in [0.1, 0.15) is 11.6 Å². The highest BCUT2D eigenvalue weighted by Crippen LogP contribution is 2.27. The van der Waals surface area contributed by atoms with Crippen molar-refractivity contribution in [2.75, 3.05) is 13.2 Å². The normalized spacial score (nSPS) is 13.8. The molecule has 2 heterocycles. The highest BCUT2D eigenvalue weighted by atomic mass is 16.5. The monoisotopic (exact) mass is 285 g/mol. The van der Waals surface area contributed by atoms with Crippen molar-refractivity contribution in [2.24, 2.45) is 0 Å². The van der Waals surface area contributed by atoms with E-state index in [0.717, 1.165) is 42.0 Å². The molecule has 1 aliphatic rings. The van der Waals surface area contributed by atoms with Gasteiger partial charge in [-0.15, -0.1) is 0 Å². The summed E-state index contributed by atoms with van der Waals surface area (Å²) in [5.41, 5.74) is 2.41. The maximum atomic E-state index is 12.2. The average Bonchev–Trinajstić information content (AvgIpc) is 2.53. The number of fused-ring (bicyclic) bond motifs is 1. The summed E-state index contributed by atoms with van der Waals surface area (Å²) >= 11 is 0. The van der Waals surface area contributed by atoms with E-state index < -0.39 is 0 Å². The summed E-state index contributed by atoms with van der Waals surface area (Å²) in [6.07, 6.45) is 1.72. The molecule has 5 nitrogen and oxygen atoms in total. The predicted molar refractivity (Wildman–Crippen MR) is 81.5 cm³/mol. The highest BCUT2D eigenvalue weighted by Gasteiger charge is 2.17. The van der Waals surface area contributed by atoms with Crippen LogP contribution in [0.1, 0.15) is 24.6 Å². The zero-order chi connectivity index (χ0) is 14.7. The number of aromatic amines is 1. The zero-order valence-corrected chi connectivity index (χ0v) is 12.1. The van der Waals surface area contributed by atoms with Crippen molar-refractivity contribution in [3.8, 4) is 17.1 Å². The molecular formula is C16H19N3O2. The molecule has 0 bridgehead atoms. The van der Waals surface area contributed by atoms with Gasteiger partial charge in [0.05, 0.1) is 23.4 Å². The molecule has 2 N–H and O–H groups in total. The van der Waals surface area contributed by atoms with Crippen molar-refractivity contribution in [3.63, 3.8) is 0 Å². The molecule has 1 aliphatic heterocycles. The van der Waals surface area contributed by atoms with Gasteiger partial charge in [-0.1, -0.05) is 19.1 Å². The third-order valence-electron chi connectivity index (χ3n) is 3.55. The number of nitrogens with zero attached hydrogens (tertiary/aromatic N) is 1. The molecule has 0 saturated carbocycles. The Labute approximate surface area is 123 Å². The van der Waals surface area contributed by atoms with Crippen LogP contribution in [0, 0.1) is 0 Å². The Morgan fingerprint density at radius 1 is 1.33 bits per heavy atom. The summed E-state index contributed by atoms with van der Waals surface area (Å²) in [6.45, 7) is 4.16. The molecule has 0 spiro atoms. The quantitative estimate of drug-likeness (QED) is 0.900. The van der Waals surface area contributed by atoms with Crippen molar-refractivity contribution in [1.82, 2.24) is 15.3 Å². The Balaban J connectivity index is 2.05. The highest BCUT2D eigenvalue weighted by molar-refractivity contribution is 5.64. The molecule has 110 valence electrons. The Hall–Kier alpha value is -2.14. The van der Waals surface area contributed by atoms with E-state index in [0.29, 0.717) is 19.0 Å². The van der Waals surface area contributed by atoms with Crippen molar-refractivity contribution < 1.29 is 4.74 Å². The minimum atomic E-state index is -0.0625. The van der Waals surface area contributed by atoms with Crippen molar-refractivity contribution >= 4 is 0 Å². The molecule has 5 heteroatoms. The van der Waals surface area contributed by atoms with Crippen LogP contribution in [0.25, 0.3) is 11.4 Å². The first-order chi connectivity index (χ1) is 10.3. The first kappa shape index (κ1) is 13.8. The zero-order valence-electron chi connectivity index (χ0n) is 12.1. The van der Waals surface area contributed by atoms with Crippen molar-refractivity contribution in [3.05, 3.63) is 45.9 Å².